The Morgan fingerprint density at radius 2 is 2.30 bits per heavy atom. The molecule has 27 heavy (non-hydrogen) atoms. The SMILES string of the molecule is CC(CC(=O)NCc1cccnc1Oc1cccc(F)c1)C1CCCNC1. The van der Waals surface area contributed by atoms with Crippen LogP contribution in [0.25, 0.3) is 0 Å². The Kier molecular flexibility index (Phi) is 6.76. The average molecular weight is 371 g/mol. The summed E-state index contributed by atoms with van der Waals surface area (Å²) in [4.78, 5) is 16.6. The highest BCUT2D eigenvalue weighted by Crippen LogP contribution is 2.24. The third-order valence-electron chi connectivity index (χ3n) is 4.98. The Bertz CT molecular complexity index is 763. The molecule has 1 saturated heterocycles. The number of benzene rings is 1. The number of halogens is 1. The van der Waals surface area contributed by atoms with E-state index in [0.29, 0.717) is 36.4 Å². The first-order valence-electron chi connectivity index (χ1n) is 9.46. The minimum atomic E-state index is -0.371. The monoisotopic (exact) mass is 371 g/mol. The number of piperidine rings is 1. The van der Waals surface area contributed by atoms with Crippen molar-refractivity contribution < 1.29 is 13.9 Å². The maximum Gasteiger partial charge on any atom is 0.224 e. The summed E-state index contributed by atoms with van der Waals surface area (Å²) in [7, 11) is 0. The number of ether oxygens (including phenoxy) is 1. The zero-order valence-corrected chi connectivity index (χ0v) is 15.6. The molecule has 0 aliphatic carbocycles. The van der Waals surface area contributed by atoms with Crippen LogP contribution in [0.15, 0.2) is 42.6 Å². The highest BCUT2D eigenvalue weighted by Gasteiger charge is 2.22. The van der Waals surface area contributed by atoms with E-state index in [1.54, 1.807) is 24.4 Å². The fourth-order valence-corrected chi connectivity index (χ4v) is 3.38. The van der Waals surface area contributed by atoms with Gasteiger partial charge in [0.25, 0.3) is 0 Å². The Morgan fingerprint density at radius 3 is 3.07 bits per heavy atom. The van der Waals surface area contributed by atoms with Crippen molar-refractivity contribution in [2.45, 2.75) is 32.7 Å². The van der Waals surface area contributed by atoms with Gasteiger partial charge in [0.1, 0.15) is 11.6 Å². The number of pyridine rings is 1. The molecule has 5 nitrogen and oxygen atoms in total. The van der Waals surface area contributed by atoms with Crippen LogP contribution in [0.3, 0.4) is 0 Å². The van der Waals surface area contributed by atoms with E-state index in [9.17, 15) is 9.18 Å². The van der Waals surface area contributed by atoms with Crippen LogP contribution in [0.4, 0.5) is 4.39 Å². The van der Waals surface area contributed by atoms with Gasteiger partial charge in [-0.1, -0.05) is 19.1 Å². The highest BCUT2D eigenvalue weighted by molar-refractivity contribution is 5.76. The molecule has 2 unspecified atom stereocenters. The number of hydrogen-bond donors (Lipinski definition) is 2. The number of nitrogens with one attached hydrogen (secondary N) is 2. The number of hydrogen-bond acceptors (Lipinski definition) is 4. The van der Waals surface area contributed by atoms with Gasteiger partial charge in [-0.05, 0) is 56.0 Å². The summed E-state index contributed by atoms with van der Waals surface area (Å²) in [5.74, 6) is 1.29. The molecule has 1 aromatic carbocycles. The van der Waals surface area contributed by atoms with Gasteiger partial charge in [0.05, 0.1) is 0 Å². The number of nitrogens with zero attached hydrogens (tertiary/aromatic N) is 1. The molecular weight excluding hydrogens is 345 g/mol. The van der Waals surface area contributed by atoms with E-state index in [0.717, 1.165) is 18.7 Å². The molecule has 1 fully saturated rings. The zero-order valence-electron chi connectivity index (χ0n) is 15.6. The number of carbonyl (C=O) groups excluding carboxylic acids is 1. The Hall–Kier alpha value is -2.47. The third-order valence-corrected chi connectivity index (χ3v) is 4.98. The lowest BCUT2D eigenvalue weighted by Crippen LogP contribution is -2.35. The normalized spacial score (nSPS) is 17.9. The molecule has 1 aliphatic heterocycles. The average Bonchev–Trinajstić information content (AvgIpc) is 2.68. The van der Waals surface area contributed by atoms with E-state index < -0.39 is 0 Å². The quantitative estimate of drug-likeness (QED) is 0.780. The van der Waals surface area contributed by atoms with Gasteiger partial charge in [-0.25, -0.2) is 9.37 Å². The lowest BCUT2D eigenvalue weighted by Gasteiger charge is -2.28. The first-order valence-corrected chi connectivity index (χ1v) is 9.46. The zero-order chi connectivity index (χ0) is 19.1. The number of rotatable bonds is 7. The smallest absolute Gasteiger partial charge is 0.224 e. The van der Waals surface area contributed by atoms with Crippen LogP contribution < -0.4 is 15.4 Å². The maximum absolute atomic E-state index is 13.3. The van der Waals surface area contributed by atoms with Crippen LogP contribution in [0.1, 0.15) is 31.7 Å². The van der Waals surface area contributed by atoms with E-state index >= 15 is 0 Å². The van der Waals surface area contributed by atoms with Crippen LogP contribution in [0, 0.1) is 17.7 Å². The summed E-state index contributed by atoms with van der Waals surface area (Å²) in [5, 5.41) is 6.35. The van der Waals surface area contributed by atoms with Crippen molar-refractivity contribution in [3.8, 4) is 11.6 Å². The highest BCUT2D eigenvalue weighted by atomic mass is 19.1. The molecule has 2 heterocycles. The van der Waals surface area contributed by atoms with Crippen LogP contribution in [-0.2, 0) is 11.3 Å². The van der Waals surface area contributed by atoms with Crippen LogP contribution in [0.5, 0.6) is 11.6 Å². The summed E-state index contributed by atoms with van der Waals surface area (Å²) in [6.07, 6.45) is 4.47. The Morgan fingerprint density at radius 1 is 1.41 bits per heavy atom. The lowest BCUT2D eigenvalue weighted by molar-refractivity contribution is -0.122. The van der Waals surface area contributed by atoms with Crippen LogP contribution >= 0.6 is 0 Å². The maximum atomic E-state index is 13.3. The topological polar surface area (TPSA) is 63.2 Å². The van der Waals surface area contributed by atoms with Crippen molar-refractivity contribution in [3.05, 3.63) is 54.0 Å². The van der Waals surface area contributed by atoms with Gasteiger partial charge in [-0.2, -0.15) is 0 Å². The summed E-state index contributed by atoms with van der Waals surface area (Å²) >= 11 is 0. The Balaban J connectivity index is 1.55. The van der Waals surface area contributed by atoms with E-state index in [4.69, 9.17) is 4.74 Å². The molecule has 3 rings (SSSR count). The lowest BCUT2D eigenvalue weighted by atomic mass is 9.85. The minimum Gasteiger partial charge on any atom is -0.439 e. The molecule has 2 atom stereocenters. The van der Waals surface area contributed by atoms with Gasteiger partial charge < -0.3 is 15.4 Å². The van der Waals surface area contributed by atoms with Crippen molar-refractivity contribution in [3.63, 3.8) is 0 Å². The van der Waals surface area contributed by atoms with Crippen LogP contribution in [-0.4, -0.2) is 24.0 Å². The summed E-state index contributed by atoms with van der Waals surface area (Å²) in [5.41, 5.74) is 0.752. The molecule has 144 valence electrons. The van der Waals surface area contributed by atoms with Gasteiger partial charge in [0.15, 0.2) is 0 Å². The van der Waals surface area contributed by atoms with Crippen molar-refractivity contribution in [2.24, 2.45) is 11.8 Å². The first-order chi connectivity index (χ1) is 13.1. The van der Waals surface area contributed by atoms with Crippen molar-refractivity contribution in [1.29, 1.82) is 0 Å². The predicted octanol–water partition coefficient (Wildman–Crippen LogP) is 3.66. The third kappa shape index (κ3) is 5.76. The fraction of sp³-hybridized carbons (Fsp3) is 0.429. The van der Waals surface area contributed by atoms with Crippen molar-refractivity contribution in [1.82, 2.24) is 15.6 Å². The summed E-state index contributed by atoms with van der Waals surface area (Å²) in [6.45, 7) is 4.53. The van der Waals surface area contributed by atoms with E-state index in [1.165, 1.54) is 25.0 Å². The second-order valence-electron chi connectivity index (χ2n) is 7.09. The van der Waals surface area contributed by atoms with Crippen molar-refractivity contribution in [2.75, 3.05) is 13.1 Å². The van der Waals surface area contributed by atoms with Gasteiger partial charge in [-0.15, -0.1) is 0 Å². The second kappa shape index (κ2) is 9.46. The first kappa shape index (κ1) is 19.3. The molecule has 0 spiro atoms. The number of amides is 1. The molecule has 6 heteroatoms. The van der Waals surface area contributed by atoms with Crippen LogP contribution in [0.2, 0.25) is 0 Å². The summed E-state index contributed by atoms with van der Waals surface area (Å²) < 4.78 is 19.0. The molecule has 0 saturated carbocycles. The predicted molar refractivity (Wildman–Crippen MR) is 102 cm³/mol. The standard InChI is InChI=1S/C21H26FN3O2/c1-15(16-5-3-9-23-13-16)11-20(26)25-14-17-6-4-10-24-21(17)27-19-8-2-7-18(22)12-19/h2,4,6-8,10,12,15-16,23H,3,5,9,11,13-14H2,1H3,(H,25,26). The van der Waals surface area contributed by atoms with Gasteiger partial charge in [0, 0.05) is 30.8 Å². The molecule has 0 radical (unpaired) electrons. The molecular formula is C21H26FN3O2. The fourth-order valence-electron chi connectivity index (χ4n) is 3.38. The van der Waals surface area contributed by atoms with Gasteiger partial charge >= 0.3 is 0 Å². The molecule has 1 aliphatic rings. The van der Waals surface area contributed by atoms with Gasteiger partial charge in [-0.3, -0.25) is 4.79 Å². The van der Waals surface area contributed by atoms with Crippen molar-refractivity contribution >= 4 is 5.91 Å². The molecule has 2 aromatic rings. The molecule has 1 aromatic heterocycles. The Labute approximate surface area is 159 Å². The molecule has 1 amide bonds. The minimum absolute atomic E-state index is 0.0219. The van der Waals surface area contributed by atoms with E-state index in [1.807, 2.05) is 6.07 Å². The molecule has 0 bridgehead atoms. The molecule has 2 N–H and O–H groups in total. The van der Waals surface area contributed by atoms with E-state index in [-0.39, 0.29) is 11.7 Å². The van der Waals surface area contributed by atoms with E-state index in [2.05, 4.69) is 22.5 Å². The second-order valence-corrected chi connectivity index (χ2v) is 7.09. The number of aromatic nitrogens is 1. The number of carbonyl (C=O) groups is 1. The largest absolute Gasteiger partial charge is 0.439 e. The van der Waals surface area contributed by atoms with Gasteiger partial charge in [0.2, 0.25) is 11.8 Å². The summed E-state index contributed by atoms with van der Waals surface area (Å²) in [6, 6.07) is 9.54.